The topological polar surface area (TPSA) is 82.5 Å². The first kappa shape index (κ1) is 18.1. The highest BCUT2D eigenvalue weighted by Crippen LogP contribution is 2.34. The number of hydrogen-bond acceptors (Lipinski definition) is 7. The van der Waals surface area contributed by atoms with Crippen LogP contribution in [0.4, 0.5) is 0 Å². The molecule has 0 spiro atoms. The van der Waals surface area contributed by atoms with Crippen LogP contribution in [0, 0.1) is 0 Å². The van der Waals surface area contributed by atoms with Gasteiger partial charge in [0.05, 0.1) is 5.25 Å². The van der Waals surface area contributed by atoms with Gasteiger partial charge in [0.15, 0.2) is 16.8 Å². The maximum absolute atomic E-state index is 5.42. The molecule has 0 aliphatic heterocycles. The van der Waals surface area contributed by atoms with Gasteiger partial charge in [-0.25, -0.2) is 0 Å². The number of hydrogen-bond donors (Lipinski definition) is 0. The Kier molecular flexibility index (Phi) is 5.29. The lowest BCUT2D eigenvalue weighted by Crippen LogP contribution is -2.02. The summed E-state index contributed by atoms with van der Waals surface area (Å²) in [5, 5.41) is 13.6. The van der Waals surface area contributed by atoms with E-state index in [0.29, 0.717) is 18.3 Å². The minimum absolute atomic E-state index is 0.0562. The minimum Gasteiger partial charge on any atom is -0.334 e. The molecular weight excluding hydrogens is 372 g/mol. The summed E-state index contributed by atoms with van der Waals surface area (Å²) in [7, 11) is 0. The van der Waals surface area contributed by atoms with Gasteiger partial charge in [-0.1, -0.05) is 41.2 Å². The molecule has 8 heteroatoms. The van der Waals surface area contributed by atoms with Crippen LogP contribution in [-0.2, 0) is 6.54 Å². The predicted octanol–water partition coefficient (Wildman–Crippen LogP) is 4.43. The number of nitrogens with zero attached hydrogens (tertiary/aromatic N) is 6. The molecule has 0 saturated carbocycles. The van der Waals surface area contributed by atoms with Crippen molar-refractivity contribution in [2.75, 3.05) is 0 Å². The van der Waals surface area contributed by atoms with Crippen LogP contribution < -0.4 is 0 Å². The number of rotatable bonds is 7. The molecule has 0 bridgehead atoms. The quantitative estimate of drug-likeness (QED) is 0.341. The predicted molar refractivity (Wildman–Crippen MR) is 107 cm³/mol. The van der Waals surface area contributed by atoms with Crippen LogP contribution in [0.5, 0.6) is 0 Å². The Morgan fingerprint density at radius 3 is 2.64 bits per heavy atom. The summed E-state index contributed by atoms with van der Waals surface area (Å²) >= 11 is 1.53. The molecule has 3 heterocycles. The van der Waals surface area contributed by atoms with Crippen molar-refractivity contribution in [1.82, 2.24) is 29.9 Å². The summed E-state index contributed by atoms with van der Waals surface area (Å²) in [4.78, 5) is 8.59. The minimum atomic E-state index is -0.0562. The zero-order chi connectivity index (χ0) is 19.3. The van der Waals surface area contributed by atoms with Gasteiger partial charge in [0.25, 0.3) is 5.89 Å². The largest absolute Gasteiger partial charge is 0.334 e. The molecule has 4 aromatic rings. The molecule has 0 saturated heterocycles. The second-order valence-corrected chi connectivity index (χ2v) is 7.33. The Morgan fingerprint density at radius 2 is 1.89 bits per heavy atom. The van der Waals surface area contributed by atoms with E-state index in [1.807, 2.05) is 60.0 Å². The van der Waals surface area contributed by atoms with Crippen LogP contribution in [0.1, 0.15) is 18.0 Å². The maximum Gasteiger partial charge on any atom is 0.257 e. The van der Waals surface area contributed by atoms with Gasteiger partial charge in [0.2, 0.25) is 0 Å². The highest BCUT2D eigenvalue weighted by molar-refractivity contribution is 7.99. The lowest BCUT2D eigenvalue weighted by Gasteiger charge is -2.09. The summed E-state index contributed by atoms with van der Waals surface area (Å²) in [6.07, 6.45) is 5.30. The van der Waals surface area contributed by atoms with Crippen molar-refractivity contribution in [3.05, 3.63) is 73.3 Å². The first-order chi connectivity index (χ1) is 13.8. The van der Waals surface area contributed by atoms with Crippen molar-refractivity contribution in [1.29, 1.82) is 0 Å². The molecule has 140 valence electrons. The van der Waals surface area contributed by atoms with Crippen LogP contribution in [0.25, 0.3) is 22.8 Å². The Morgan fingerprint density at radius 1 is 1.11 bits per heavy atom. The van der Waals surface area contributed by atoms with E-state index in [0.717, 1.165) is 22.1 Å². The first-order valence-electron chi connectivity index (χ1n) is 8.76. The van der Waals surface area contributed by atoms with Crippen LogP contribution in [-0.4, -0.2) is 29.9 Å². The van der Waals surface area contributed by atoms with Crippen molar-refractivity contribution in [2.24, 2.45) is 0 Å². The Labute approximate surface area is 166 Å². The molecule has 7 nitrogen and oxygen atoms in total. The van der Waals surface area contributed by atoms with E-state index in [1.54, 1.807) is 12.4 Å². The standard InChI is InChI=1S/C20H18N6OS/c1-3-13-26-18(15-9-11-21-12-10-15)23-24-20(26)28-14(2)17-22-19(27-25-17)16-7-5-4-6-8-16/h3-12,14H,1,13H2,2H3/t14-/m0/s1. The third kappa shape index (κ3) is 3.72. The maximum atomic E-state index is 5.42. The molecule has 0 aliphatic rings. The van der Waals surface area contributed by atoms with E-state index in [-0.39, 0.29) is 5.25 Å². The second-order valence-electron chi connectivity index (χ2n) is 6.03. The first-order valence-corrected chi connectivity index (χ1v) is 9.64. The second kappa shape index (κ2) is 8.18. The zero-order valence-electron chi connectivity index (χ0n) is 15.3. The number of pyridine rings is 1. The summed E-state index contributed by atoms with van der Waals surface area (Å²) in [6.45, 7) is 6.46. The summed E-state index contributed by atoms with van der Waals surface area (Å²) in [5.74, 6) is 1.89. The van der Waals surface area contributed by atoms with Crippen LogP contribution in [0.3, 0.4) is 0 Å². The highest BCUT2D eigenvalue weighted by atomic mass is 32.2. The van der Waals surface area contributed by atoms with Crippen molar-refractivity contribution < 1.29 is 4.52 Å². The third-order valence-corrected chi connectivity index (χ3v) is 5.15. The van der Waals surface area contributed by atoms with Crippen molar-refractivity contribution in [3.8, 4) is 22.8 Å². The number of benzene rings is 1. The molecule has 0 aliphatic carbocycles. The molecule has 1 aromatic carbocycles. The Bertz CT molecular complexity index is 1060. The van der Waals surface area contributed by atoms with Crippen LogP contribution >= 0.6 is 11.8 Å². The van der Waals surface area contributed by atoms with Gasteiger partial charge < -0.3 is 4.52 Å². The molecule has 0 N–H and O–H groups in total. The lowest BCUT2D eigenvalue weighted by atomic mass is 10.2. The van der Waals surface area contributed by atoms with Crippen molar-refractivity contribution >= 4 is 11.8 Å². The SMILES string of the molecule is C=CCn1c(S[C@@H](C)c2noc(-c3ccccc3)n2)nnc1-c1ccncc1. The molecule has 0 amide bonds. The Hall–Kier alpha value is -3.26. The Balaban J connectivity index is 1.58. The van der Waals surface area contributed by atoms with E-state index in [9.17, 15) is 0 Å². The van der Waals surface area contributed by atoms with Crippen molar-refractivity contribution in [3.63, 3.8) is 0 Å². The van der Waals surface area contributed by atoms with Crippen molar-refractivity contribution in [2.45, 2.75) is 23.9 Å². The van der Waals surface area contributed by atoms with Gasteiger partial charge in [-0.2, -0.15) is 4.98 Å². The molecule has 4 rings (SSSR count). The summed E-state index contributed by atoms with van der Waals surface area (Å²) in [5.41, 5.74) is 1.85. The van der Waals surface area contributed by atoms with Gasteiger partial charge in [-0.05, 0) is 31.2 Å². The van der Waals surface area contributed by atoms with E-state index >= 15 is 0 Å². The van der Waals surface area contributed by atoms with Gasteiger partial charge >= 0.3 is 0 Å². The fourth-order valence-corrected chi connectivity index (χ4v) is 3.59. The van der Waals surface area contributed by atoms with Gasteiger partial charge in [0, 0.05) is 30.1 Å². The fourth-order valence-electron chi connectivity index (χ4n) is 2.69. The molecule has 28 heavy (non-hydrogen) atoms. The molecule has 0 unspecified atom stereocenters. The highest BCUT2D eigenvalue weighted by Gasteiger charge is 2.21. The molecule has 1 atom stereocenters. The number of aromatic nitrogens is 6. The average Bonchev–Trinajstić information content (AvgIpc) is 3.38. The monoisotopic (exact) mass is 390 g/mol. The zero-order valence-corrected chi connectivity index (χ0v) is 16.1. The number of allylic oxidation sites excluding steroid dienone is 1. The summed E-state index contributed by atoms with van der Waals surface area (Å²) < 4.78 is 7.44. The van der Waals surface area contributed by atoms with Gasteiger partial charge in [-0.15, -0.1) is 16.8 Å². The summed E-state index contributed by atoms with van der Waals surface area (Å²) in [6, 6.07) is 13.5. The average molecular weight is 390 g/mol. The van der Waals surface area contributed by atoms with E-state index in [2.05, 4.69) is 31.9 Å². The smallest absolute Gasteiger partial charge is 0.257 e. The molecule has 0 fully saturated rings. The van der Waals surface area contributed by atoms with Crippen LogP contribution in [0.15, 0.2) is 77.2 Å². The molecule has 3 aromatic heterocycles. The molecule has 0 radical (unpaired) electrons. The third-order valence-electron chi connectivity index (χ3n) is 4.08. The number of thioether (sulfide) groups is 1. The normalized spacial score (nSPS) is 12.0. The van der Waals surface area contributed by atoms with E-state index in [1.165, 1.54) is 11.8 Å². The van der Waals surface area contributed by atoms with Crippen LogP contribution in [0.2, 0.25) is 0 Å². The van der Waals surface area contributed by atoms with Gasteiger partial charge in [0.1, 0.15) is 0 Å². The van der Waals surface area contributed by atoms with E-state index < -0.39 is 0 Å². The lowest BCUT2D eigenvalue weighted by molar-refractivity contribution is 0.423. The fraction of sp³-hybridized carbons (Fsp3) is 0.150. The van der Waals surface area contributed by atoms with Gasteiger partial charge in [-0.3, -0.25) is 9.55 Å². The molecular formula is C20H18N6OS. The van der Waals surface area contributed by atoms with E-state index in [4.69, 9.17) is 4.52 Å².